The standard InChI is InChI=1S/C17H22N2O5S/c1-12-10-24-8-7-18(12)15(20)13-5-4-6-14(9-13)19-16(21)17(2,3)11-25(19,22)23/h4-6,9,12H,7-8,10-11H2,1-3H3. The van der Waals surface area contributed by atoms with Crippen molar-refractivity contribution in [2.75, 3.05) is 29.8 Å². The summed E-state index contributed by atoms with van der Waals surface area (Å²) in [5.41, 5.74) is -0.404. The summed E-state index contributed by atoms with van der Waals surface area (Å²) in [5, 5.41) is 0. The summed E-state index contributed by atoms with van der Waals surface area (Å²) in [6, 6.07) is 6.19. The summed E-state index contributed by atoms with van der Waals surface area (Å²) in [6.07, 6.45) is 0. The first-order valence-corrected chi connectivity index (χ1v) is 9.81. The molecule has 7 nitrogen and oxygen atoms in total. The van der Waals surface area contributed by atoms with E-state index >= 15 is 0 Å². The van der Waals surface area contributed by atoms with E-state index in [4.69, 9.17) is 4.74 Å². The normalized spacial score (nSPS) is 25.2. The zero-order valence-electron chi connectivity index (χ0n) is 14.6. The number of ether oxygens (including phenoxy) is 1. The Morgan fingerprint density at radius 1 is 1.32 bits per heavy atom. The van der Waals surface area contributed by atoms with E-state index in [0.29, 0.717) is 25.3 Å². The van der Waals surface area contributed by atoms with Crippen LogP contribution in [0.5, 0.6) is 0 Å². The molecule has 1 unspecified atom stereocenters. The lowest BCUT2D eigenvalue weighted by molar-refractivity contribution is -0.123. The van der Waals surface area contributed by atoms with E-state index in [9.17, 15) is 18.0 Å². The lowest BCUT2D eigenvalue weighted by Crippen LogP contribution is -2.47. The number of hydrogen-bond donors (Lipinski definition) is 0. The van der Waals surface area contributed by atoms with Crippen molar-refractivity contribution >= 4 is 27.5 Å². The minimum absolute atomic E-state index is 0.0546. The van der Waals surface area contributed by atoms with E-state index < -0.39 is 21.3 Å². The zero-order chi connectivity index (χ0) is 18.4. The molecule has 0 aromatic heterocycles. The van der Waals surface area contributed by atoms with Crippen LogP contribution in [0.15, 0.2) is 24.3 Å². The summed E-state index contributed by atoms with van der Waals surface area (Å²) < 4.78 is 31.0. The predicted molar refractivity (Wildman–Crippen MR) is 92.8 cm³/mol. The van der Waals surface area contributed by atoms with Gasteiger partial charge in [-0.2, -0.15) is 0 Å². The number of nitrogens with zero attached hydrogens (tertiary/aromatic N) is 2. The zero-order valence-corrected chi connectivity index (χ0v) is 15.4. The van der Waals surface area contributed by atoms with Crippen LogP contribution in [-0.2, 0) is 19.6 Å². The third kappa shape index (κ3) is 3.16. The second-order valence-corrected chi connectivity index (χ2v) is 9.00. The van der Waals surface area contributed by atoms with E-state index in [1.807, 2.05) is 6.92 Å². The van der Waals surface area contributed by atoms with E-state index in [1.165, 1.54) is 12.1 Å². The summed E-state index contributed by atoms with van der Waals surface area (Å²) in [7, 11) is -3.74. The van der Waals surface area contributed by atoms with Crippen LogP contribution in [0.1, 0.15) is 31.1 Å². The average molecular weight is 366 g/mol. The van der Waals surface area contributed by atoms with Crippen molar-refractivity contribution in [3.05, 3.63) is 29.8 Å². The van der Waals surface area contributed by atoms with E-state index in [-0.39, 0.29) is 23.4 Å². The molecule has 1 aromatic rings. The van der Waals surface area contributed by atoms with Gasteiger partial charge in [0, 0.05) is 12.1 Å². The molecule has 136 valence electrons. The van der Waals surface area contributed by atoms with E-state index in [0.717, 1.165) is 4.31 Å². The summed E-state index contributed by atoms with van der Waals surface area (Å²) >= 11 is 0. The number of carbonyl (C=O) groups excluding carboxylic acids is 2. The molecular formula is C17H22N2O5S. The van der Waals surface area contributed by atoms with Gasteiger partial charge in [0.1, 0.15) is 0 Å². The molecule has 0 N–H and O–H groups in total. The molecule has 2 heterocycles. The van der Waals surface area contributed by atoms with Gasteiger partial charge in [0.05, 0.1) is 36.1 Å². The lowest BCUT2D eigenvalue weighted by Gasteiger charge is -2.33. The Balaban J connectivity index is 1.94. The molecule has 2 aliphatic heterocycles. The Kier molecular flexibility index (Phi) is 4.36. The van der Waals surface area contributed by atoms with Gasteiger partial charge in [-0.25, -0.2) is 12.7 Å². The van der Waals surface area contributed by atoms with Gasteiger partial charge < -0.3 is 9.64 Å². The number of rotatable bonds is 2. The smallest absolute Gasteiger partial charge is 0.254 e. The molecule has 0 aliphatic carbocycles. The number of benzene rings is 1. The van der Waals surface area contributed by atoms with Crippen LogP contribution in [0.25, 0.3) is 0 Å². The number of carbonyl (C=O) groups is 2. The molecule has 3 rings (SSSR count). The molecule has 2 aliphatic rings. The van der Waals surface area contributed by atoms with Crippen molar-refractivity contribution in [3.63, 3.8) is 0 Å². The molecule has 1 atom stereocenters. The maximum atomic E-state index is 12.8. The first kappa shape index (κ1) is 17.9. The van der Waals surface area contributed by atoms with Crippen LogP contribution >= 0.6 is 0 Å². The summed E-state index contributed by atoms with van der Waals surface area (Å²) in [5.74, 6) is -0.907. The second kappa shape index (κ2) is 6.10. The Bertz CT molecular complexity index is 818. The van der Waals surface area contributed by atoms with Crippen LogP contribution in [0.4, 0.5) is 5.69 Å². The summed E-state index contributed by atoms with van der Waals surface area (Å²) in [6.45, 7) is 6.55. The number of amides is 2. The van der Waals surface area contributed by atoms with Gasteiger partial charge in [-0.15, -0.1) is 0 Å². The number of sulfonamides is 1. The van der Waals surface area contributed by atoms with Crippen LogP contribution in [-0.4, -0.2) is 56.7 Å². The third-order valence-corrected chi connectivity index (χ3v) is 6.56. The maximum Gasteiger partial charge on any atom is 0.254 e. The Morgan fingerprint density at radius 3 is 2.64 bits per heavy atom. The minimum Gasteiger partial charge on any atom is -0.377 e. The fraction of sp³-hybridized carbons (Fsp3) is 0.529. The van der Waals surface area contributed by atoms with Crippen molar-refractivity contribution < 1.29 is 22.7 Å². The van der Waals surface area contributed by atoms with Crippen molar-refractivity contribution in [3.8, 4) is 0 Å². The van der Waals surface area contributed by atoms with Crippen LogP contribution in [0, 0.1) is 5.41 Å². The Morgan fingerprint density at radius 2 is 2.04 bits per heavy atom. The van der Waals surface area contributed by atoms with Crippen LogP contribution in [0.2, 0.25) is 0 Å². The first-order valence-electron chi connectivity index (χ1n) is 8.20. The number of anilines is 1. The molecule has 2 fully saturated rings. The largest absolute Gasteiger partial charge is 0.377 e. The van der Waals surface area contributed by atoms with Crippen molar-refractivity contribution in [1.29, 1.82) is 0 Å². The molecular weight excluding hydrogens is 344 g/mol. The molecule has 2 amide bonds. The van der Waals surface area contributed by atoms with Crippen molar-refractivity contribution in [2.24, 2.45) is 5.41 Å². The third-order valence-electron chi connectivity index (χ3n) is 4.54. The second-order valence-electron chi connectivity index (χ2n) is 7.18. The van der Waals surface area contributed by atoms with Gasteiger partial charge in [-0.05, 0) is 39.0 Å². The predicted octanol–water partition coefficient (Wildman–Crippen LogP) is 1.25. The highest BCUT2D eigenvalue weighted by molar-refractivity contribution is 7.94. The van der Waals surface area contributed by atoms with Gasteiger partial charge in [0.25, 0.3) is 5.91 Å². The van der Waals surface area contributed by atoms with Crippen molar-refractivity contribution in [2.45, 2.75) is 26.8 Å². The van der Waals surface area contributed by atoms with E-state index in [2.05, 4.69) is 0 Å². The van der Waals surface area contributed by atoms with Gasteiger partial charge in [0.15, 0.2) is 0 Å². The molecule has 0 saturated carbocycles. The molecule has 25 heavy (non-hydrogen) atoms. The lowest BCUT2D eigenvalue weighted by atomic mass is 9.95. The van der Waals surface area contributed by atoms with Gasteiger partial charge in [-0.3, -0.25) is 9.59 Å². The monoisotopic (exact) mass is 366 g/mol. The highest BCUT2D eigenvalue weighted by atomic mass is 32.2. The Labute approximate surface area is 147 Å². The minimum atomic E-state index is -3.74. The fourth-order valence-corrected chi connectivity index (χ4v) is 5.32. The molecule has 0 bridgehead atoms. The van der Waals surface area contributed by atoms with Crippen molar-refractivity contribution in [1.82, 2.24) is 4.90 Å². The fourth-order valence-electron chi connectivity index (χ4n) is 3.22. The quantitative estimate of drug-likeness (QED) is 0.787. The van der Waals surface area contributed by atoms with Crippen LogP contribution < -0.4 is 4.31 Å². The van der Waals surface area contributed by atoms with E-state index in [1.54, 1.807) is 30.9 Å². The topological polar surface area (TPSA) is 84.0 Å². The van der Waals surface area contributed by atoms with Gasteiger partial charge in [-0.1, -0.05) is 6.07 Å². The highest BCUT2D eigenvalue weighted by Crippen LogP contribution is 2.36. The van der Waals surface area contributed by atoms with Crippen LogP contribution in [0.3, 0.4) is 0 Å². The number of morpholine rings is 1. The highest BCUT2D eigenvalue weighted by Gasteiger charge is 2.50. The Hall–Kier alpha value is -1.93. The first-order chi connectivity index (χ1) is 11.6. The number of hydrogen-bond acceptors (Lipinski definition) is 5. The SMILES string of the molecule is CC1COCCN1C(=O)c1cccc(N2C(=O)C(C)(C)CS2(=O)=O)c1. The molecule has 8 heteroatoms. The molecule has 1 aromatic carbocycles. The van der Waals surface area contributed by atoms with Gasteiger partial charge in [0.2, 0.25) is 15.9 Å². The maximum absolute atomic E-state index is 12.8. The van der Waals surface area contributed by atoms with Gasteiger partial charge >= 0.3 is 0 Å². The summed E-state index contributed by atoms with van der Waals surface area (Å²) in [4.78, 5) is 27.0. The molecule has 0 radical (unpaired) electrons. The average Bonchev–Trinajstić information content (AvgIpc) is 2.70. The molecule has 2 saturated heterocycles. The molecule has 0 spiro atoms.